The van der Waals surface area contributed by atoms with Crippen molar-refractivity contribution in [1.29, 1.82) is 0 Å². The number of aryl methyl sites for hydroxylation is 1. The second kappa shape index (κ2) is 7.84. The molecule has 2 N–H and O–H groups in total. The number of halogens is 1. The zero-order valence-corrected chi connectivity index (χ0v) is 14.9. The molecule has 2 aromatic rings. The van der Waals surface area contributed by atoms with Gasteiger partial charge < -0.3 is 19.8 Å². The number of likely N-dealkylation sites (tertiary alicyclic amines) is 1. The Labute approximate surface area is 155 Å². The van der Waals surface area contributed by atoms with Gasteiger partial charge in [0.1, 0.15) is 12.5 Å². The number of benzene rings is 1. The number of aromatic nitrogens is 2. The summed E-state index contributed by atoms with van der Waals surface area (Å²) in [5, 5.41) is 17.0. The van der Waals surface area contributed by atoms with Gasteiger partial charge in [-0.1, -0.05) is 28.9 Å². The predicted molar refractivity (Wildman–Crippen MR) is 92.2 cm³/mol. The third-order valence-electron chi connectivity index (χ3n) is 4.15. The number of hydrogen-bond acceptors (Lipinski definition) is 6. The Hall–Kier alpha value is -2.45. The number of amides is 2. The first-order valence-electron chi connectivity index (χ1n) is 8.21. The van der Waals surface area contributed by atoms with Crippen molar-refractivity contribution in [2.24, 2.45) is 0 Å². The van der Waals surface area contributed by atoms with Crippen LogP contribution in [0.4, 0.5) is 0 Å². The van der Waals surface area contributed by atoms with Crippen LogP contribution in [0.25, 0.3) is 0 Å². The molecule has 3 rings (SSSR count). The molecule has 2 atom stereocenters. The Morgan fingerprint density at radius 2 is 2.12 bits per heavy atom. The van der Waals surface area contributed by atoms with Gasteiger partial charge in [-0.15, -0.1) is 0 Å². The summed E-state index contributed by atoms with van der Waals surface area (Å²) < 4.78 is 4.95. The van der Waals surface area contributed by atoms with Gasteiger partial charge in [0, 0.05) is 24.5 Å². The fourth-order valence-corrected chi connectivity index (χ4v) is 3.02. The summed E-state index contributed by atoms with van der Waals surface area (Å²) in [5.74, 6) is -0.0240. The summed E-state index contributed by atoms with van der Waals surface area (Å²) in [4.78, 5) is 30.4. The van der Waals surface area contributed by atoms with Crippen LogP contribution in [0.1, 0.15) is 23.7 Å². The molecule has 1 aliphatic rings. The first-order valence-corrected chi connectivity index (χ1v) is 8.59. The molecule has 0 bridgehead atoms. The van der Waals surface area contributed by atoms with Crippen molar-refractivity contribution in [2.75, 3.05) is 6.54 Å². The van der Waals surface area contributed by atoms with E-state index >= 15 is 0 Å². The van der Waals surface area contributed by atoms with E-state index in [1.807, 2.05) is 12.1 Å². The molecule has 1 aromatic heterocycles. The van der Waals surface area contributed by atoms with E-state index in [4.69, 9.17) is 16.1 Å². The lowest BCUT2D eigenvalue weighted by Gasteiger charge is -2.23. The normalized spacial score (nSPS) is 19.6. The number of hydrogen-bond donors (Lipinski definition) is 2. The van der Waals surface area contributed by atoms with Gasteiger partial charge >= 0.3 is 0 Å². The number of carbonyl (C=O) groups excluding carboxylic acids is 2. The van der Waals surface area contributed by atoms with Gasteiger partial charge in [-0.25, -0.2) is 0 Å². The van der Waals surface area contributed by atoms with Crippen LogP contribution in [0, 0.1) is 6.92 Å². The molecule has 2 amide bonds. The Morgan fingerprint density at radius 3 is 2.77 bits per heavy atom. The molecule has 0 aliphatic carbocycles. The zero-order valence-electron chi connectivity index (χ0n) is 14.2. The van der Waals surface area contributed by atoms with E-state index in [9.17, 15) is 14.7 Å². The zero-order chi connectivity index (χ0) is 18.7. The van der Waals surface area contributed by atoms with E-state index in [0.717, 1.165) is 5.56 Å². The van der Waals surface area contributed by atoms with Crippen LogP contribution in [0.5, 0.6) is 0 Å². The summed E-state index contributed by atoms with van der Waals surface area (Å²) in [7, 11) is 0. The monoisotopic (exact) mass is 378 g/mol. The van der Waals surface area contributed by atoms with Crippen LogP contribution < -0.4 is 5.32 Å². The van der Waals surface area contributed by atoms with Crippen LogP contribution in [0.3, 0.4) is 0 Å². The summed E-state index contributed by atoms with van der Waals surface area (Å²) in [5.41, 5.74) is 0.889. The van der Waals surface area contributed by atoms with Crippen molar-refractivity contribution < 1.29 is 19.2 Å². The lowest BCUT2D eigenvalue weighted by molar-refractivity contribution is -0.138. The van der Waals surface area contributed by atoms with E-state index in [1.165, 1.54) is 4.90 Å². The van der Waals surface area contributed by atoms with Crippen molar-refractivity contribution in [3.63, 3.8) is 0 Å². The highest BCUT2D eigenvalue weighted by Crippen LogP contribution is 2.20. The van der Waals surface area contributed by atoms with Crippen molar-refractivity contribution in [3.05, 3.63) is 46.6 Å². The second-order valence-corrected chi connectivity index (χ2v) is 6.64. The molecular formula is C17H19ClN4O4. The van der Waals surface area contributed by atoms with Gasteiger partial charge in [-0.2, -0.15) is 4.98 Å². The highest BCUT2D eigenvalue weighted by atomic mass is 35.5. The second-order valence-electron chi connectivity index (χ2n) is 6.21. The smallest absolute Gasteiger partial charge is 0.243 e. The van der Waals surface area contributed by atoms with Crippen LogP contribution in [0.2, 0.25) is 5.02 Å². The fraction of sp³-hybridized carbons (Fsp3) is 0.412. The highest BCUT2D eigenvalue weighted by Gasteiger charge is 2.39. The molecule has 0 spiro atoms. The fourth-order valence-electron chi connectivity index (χ4n) is 2.89. The van der Waals surface area contributed by atoms with E-state index in [-0.39, 0.29) is 37.1 Å². The van der Waals surface area contributed by atoms with Crippen LogP contribution in [-0.2, 0) is 22.6 Å². The van der Waals surface area contributed by atoms with Crippen molar-refractivity contribution >= 4 is 23.4 Å². The number of carbonyl (C=O) groups is 2. The molecule has 1 saturated heterocycles. The van der Waals surface area contributed by atoms with Gasteiger partial charge in [0.2, 0.25) is 17.7 Å². The Kier molecular flexibility index (Phi) is 5.53. The number of nitrogens with zero attached hydrogens (tertiary/aromatic N) is 3. The van der Waals surface area contributed by atoms with Crippen LogP contribution in [-0.4, -0.2) is 50.7 Å². The topological polar surface area (TPSA) is 109 Å². The van der Waals surface area contributed by atoms with Crippen molar-refractivity contribution in [2.45, 2.75) is 38.5 Å². The average molecular weight is 379 g/mol. The first kappa shape index (κ1) is 18.3. The lowest BCUT2D eigenvalue weighted by Crippen LogP contribution is -2.46. The molecule has 26 heavy (non-hydrogen) atoms. The van der Waals surface area contributed by atoms with Crippen molar-refractivity contribution in [1.82, 2.24) is 20.4 Å². The molecule has 1 aromatic carbocycles. The molecule has 8 nitrogen and oxygen atoms in total. The first-order chi connectivity index (χ1) is 12.4. The van der Waals surface area contributed by atoms with Gasteiger partial charge in [0.05, 0.1) is 6.10 Å². The molecule has 1 aliphatic heterocycles. The Morgan fingerprint density at radius 1 is 1.38 bits per heavy atom. The number of aliphatic hydroxyl groups excluding tert-OH is 1. The average Bonchev–Trinajstić information content (AvgIpc) is 3.19. The van der Waals surface area contributed by atoms with E-state index in [1.54, 1.807) is 19.1 Å². The summed E-state index contributed by atoms with van der Waals surface area (Å²) in [6, 6.07) is 6.38. The summed E-state index contributed by atoms with van der Waals surface area (Å²) in [6.07, 6.45) is -0.648. The number of nitrogens with one attached hydrogen (secondary N) is 1. The van der Waals surface area contributed by atoms with Gasteiger partial charge in [0.25, 0.3) is 0 Å². The summed E-state index contributed by atoms with van der Waals surface area (Å²) >= 11 is 5.84. The third-order valence-corrected chi connectivity index (χ3v) is 4.41. The van der Waals surface area contributed by atoms with Gasteiger partial charge in [-0.05, 0) is 24.6 Å². The molecule has 0 radical (unpaired) electrons. The summed E-state index contributed by atoms with van der Waals surface area (Å²) in [6.45, 7) is 2.07. The molecule has 2 unspecified atom stereocenters. The van der Waals surface area contributed by atoms with E-state index < -0.39 is 12.1 Å². The molecular weight excluding hydrogens is 360 g/mol. The predicted octanol–water partition coefficient (Wildman–Crippen LogP) is 0.852. The maximum Gasteiger partial charge on any atom is 0.243 e. The maximum atomic E-state index is 12.5. The largest absolute Gasteiger partial charge is 0.391 e. The standard InChI is InChI=1S/C17H19ClN4O4/c1-10-20-15(26-21-10)7-16(24)22-9-13(23)6-14(22)17(25)19-8-11-2-4-12(18)5-3-11/h2-5,13-14,23H,6-9H2,1H3,(H,19,25). The maximum absolute atomic E-state index is 12.5. The molecule has 1 fully saturated rings. The quantitative estimate of drug-likeness (QED) is 0.798. The minimum atomic E-state index is -0.741. The van der Waals surface area contributed by atoms with Gasteiger partial charge in [-0.3, -0.25) is 9.59 Å². The molecule has 138 valence electrons. The number of β-amino-alcohol motifs (C(OH)–C–C–N with tert-alkyl or cyclic N) is 1. The van der Waals surface area contributed by atoms with Crippen LogP contribution in [0.15, 0.2) is 28.8 Å². The Bertz CT molecular complexity index is 792. The molecule has 0 saturated carbocycles. The Balaban J connectivity index is 1.61. The van der Waals surface area contributed by atoms with Crippen molar-refractivity contribution in [3.8, 4) is 0 Å². The van der Waals surface area contributed by atoms with E-state index in [2.05, 4.69) is 15.5 Å². The third kappa shape index (κ3) is 4.39. The van der Waals surface area contributed by atoms with Gasteiger partial charge in [0.15, 0.2) is 5.82 Å². The molecule has 2 heterocycles. The van der Waals surface area contributed by atoms with Crippen LogP contribution >= 0.6 is 11.6 Å². The highest BCUT2D eigenvalue weighted by molar-refractivity contribution is 6.30. The lowest BCUT2D eigenvalue weighted by atomic mass is 10.1. The SMILES string of the molecule is Cc1noc(CC(=O)N2CC(O)CC2C(=O)NCc2ccc(Cl)cc2)n1. The van der Waals surface area contributed by atoms with E-state index in [0.29, 0.717) is 17.4 Å². The minimum Gasteiger partial charge on any atom is -0.391 e. The number of rotatable bonds is 5. The number of aliphatic hydroxyl groups is 1. The molecule has 9 heteroatoms. The minimum absolute atomic E-state index is 0.102.